The molecule has 2 aromatic rings. The highest BCUT2D eigenvalue weighted by molar-refractivity contribution is 5.73. The van der Waals surface area contributed by atoms with E-state index in [1.807, 2.05) is 0 Å². The van der Waals surface area contributed by atoms with Crippen LogP contribution in [0.3, 0.4) is 0 Å². The number of aryl methyl sites for hydroxylation is 2. The van der Waals surface area contributed by atoms with Gasteiger partial charge in [0.2, 0.25) is 5.91 Å². The molecule has 1 heterocycles. The van der Waals surface area contributed by atoms with Crippen LogP contribution < -0.4 is 5.32 Å². The molecule has 24 heavy (non-hydrogen) atoms. The lowest BCUT2D eigenvalue weighted by Crippen LogP contribution is -2.39. The summed E-state index contributed by atoms with van der Waals surface area (Å²) in [6.45, 7) is 5.75. The predicted octanol–water partition coefficient (Wildman–Crippen LogP) is 4.40. The standard InChI is InChI=1S/C21H25NO2/c1-14-4-8-17(9-5-14)20-12-19(22-16(3)23)13-21(24-20)18-10-6-15(2)7-11-18/h4-11,19-21H,12-13H2,1-3H3,(H,22,23)/t19?,20-,21+. The SMILES string of the molecule is CC(=O)NC1C[C@@H](c2ccc(C)cc2)O[C@@H](c2ccc(C)cc2)C1. The average Bonchev–Trinajstić information content (AvgIpc) is 2.55. The first-order valence-electron chi connectivity index (χ1n) is 8.57. The monoisotopic (exact) mass is 323 g/mol. The minimum absolute atomic E-state index is 0.00232. The first kappa shape index (κ1) is 16.7. The fourth-order valence-corrected chi connectivity index (χ4v) is 3.32. The summed E-state index contributed by atoms with van der Waals surface area (Å²) >= 11 is 0. The van der Waals surface area contributed by atoms with Crippen LogP contribution in [0.5, 0.6) is 0 Å². The molecule has 1 saturated heterocycles. The highest BCUT2D eigenvalue weighted by Gasteiger charge is 2.31. The number of rotatable bonds is 3. The van der Waals surface area contributed by atoms with Crippen molar-refractivity contribution in [2.24, 2.45) is 0 Å². The van der Waals surface area contributed by atoms with Crippen molar-refractivity contribution in [1.29, 1.82) is 0 Å². The van der Waals surface area contributed by atoms with Gasteiger partial charge in [0.05, 0.1) is 12.2 Å². The van der Waals surface area contributed by atoms with Gasteiger partial charge in [0.25, 0.3) is 0 Å². The van der Waals surface area contributed by atoms with Gasteiger partial charge in [-0.1, -0.05) is 59.7 Å². The molecule has 2 aromatic carbocycles. The van der Waals surface area contributed by atoms with Gasteiger partial charge in [-0.15, -0.1) is 0 Å². The maximum Gasteiger partial charge on any atom is 0.217 e. The molecule has 1 unspecified atom stereocenters. The smallest absolute Gasteiger partial charge is 0.217 e. The molecule has 0 saturated carbocycles. The van der Waals surface area contributed by atoms with Gasteiger partial charge in [-0.05, 0) is 37.8 Å². The Kier molecular flexibility index (Phi) is 5.00. The van der Waals surface area contributed by atoms with Crippen molar-refractivity contribution in [2.75, 3.05) is 0 Å². The third kappa shape index (κ3) is 4.04. The van der Waals surface area contributed by atoms with Crippen LogP contribution in [-0.2, 0) is 9.53 Å². The Bertz CT molecular complexity index is 637. The van der Waals surface area contributed by atoms with Crippen LogP contribution in [0, 0.1) is 13.8 Å². The van der Waals surface area contributed by atoms with Gasteiger partial charge in [-0.25, -0.2) is 0 Å². The summed E-state index contributed by atoms with van der Waals surface area (Å²) in [5.41, 5.74) is 4.83. The maximum absolute atomic E-state index is 11.5. The largest absolute Gasteiger partial charge is 0.365 e. The highest BCUT2D eigenvalue weighted by atomic mass is 16.5. The minimum Gasteiger partial charge on any atom is -0.365 e. The van der Waals surface area contributed by atoms with Gasteiger partial charge in [-0.3, -0.25) is 4.79 Å². The molecule has 0 aromatic heterocycles. The van der Waals surface area contributed by atoms with E-state index in [0.717, 1.165) is 12.8 Å². The Hall–Kier alpha value is -2.13. The number of nitrogens with one attached hydrogen (secondary N) is 1. The lowest BCUT2D eigenvalue weighted by Gasteiger charge is -2.36. The fourth-order valence-electron chi connectivity index (χ4n) is 3.32. The average molecular weight is 323 g/mol. The summed E-state index contributed by atoms with van der Waals surface area (Å²) in [4.78, 5) is 11.5. The lowest BCUT2D eigenvalue weighted by atomic mass is 9.90. The molecule has 0 radical (unpaired) electrons. The van der Waals surface area contributed by atoms with Crippen molar-refractivity contribution in [3.05, 3.63) is 70.8 Å². The summed E-state index contributed by atoms with van der Waals surface area (Å²) in [6.07, 6.45) is 1.63. The van der Waals surface area contributed by atoms with Gasteiger partial charge in [-0.2, -0.15) is 0 Å². The first-order chi connectivity index (χ1) is 11.5. The van der Waals surface area contributed by atoms with Gasteiger partial charge in [0.15, 0.2) is 0 Å². The Morgan fingerprint density at radius 2 is 1.29 bits per heavy atom. The second-order valence-corrected chi connectivity index (χ2v) is 6.80. The van der Waals surface area contributed by atoms with E-state index in [1.165, 1.54) is 22.3 Å². The molecule has 0 bridgehead atoms. The topological polar surface area (TPSA) is 38.3 Å². The number of benzene rings is 2. The third-order valence-electron chi connectivity index (χ3n) is 4.63. The van der Waals surface area contributed by atoms with E-state index in [1.54, 1.807) is 6.92 Å². The Morgan fingerprint density at radius 3 is 1.67 bits per heavy atom. The van der Waals surface area contributed by atoms with Crippen LogP contribution in [0.15, 0.2) is 48.5 Å². The zero-order valence-electron chi connectivity index (χ0n) is 14.6. The third-order valence-corrected chi connectivity index (χ3v) is 4.63. The molecule has 3 atom stereocenters. The Labute approximate surface area is 144 Å². The minimum atomic E-state index is 0.00232. The van der Waals surface area contributed by atoms with E-state index < -0.39 is 0 Å². The molecule has 126 valence electrons. The number of carbonyl (C=O) groups excluding carboxylic acids is 1. The molecule has 1 fully saturated rings. The van der Waals surface area contributed by atoms with Gasteiger partial charge < -0.3 is 10.1 Å². The van der Waals surface area contributed by atoms with Gasteiger partial charge in [0.1, 0.15) is 0 Å². The van der Waals surface area contributed by atoms with Crippen molar-refractivity contribution in [2.45, 2.75) is 51.9 Å². The van der Waals surface area contributed by atoms with E-state index in [2.05, 4.69) is 67.7 Å². The van der Waals surface area contributed by atoms with E-state index in [-0.39, 0.29) is 24.2 Å². The summed E-state index contributed by atoms with van der Waals surface area (Å²) in [7, 11) is 0. The van der Waals surface area contributed by atoms with Crippen LogP contribution in [0.25, 0.3) is 0 Å². The van der Waals surface area contributed by atoms with E-state index in [0.29, 0.717) is 0 Å². The zero-order valence-corrected chi connectivity index (χ0v) is 14.6. The first-order valence-corrected chi connectivity index (χ1v) is 8.57. The molecule has 1 aliphatic heterocycles. The van der Waals surface area contributed by atoms with E-state index in [4.69, 9.17) is 4.74 Å². The van der Waals surface area contributed by atoms with Crippen LogP contribution in [0.2, 0.25) is 0 Å². The second kappa shape index (κ2) is 7.18. The number of hydrogen-bond acceptors (Lipinski definition) is 2. The molecule has 3 rings (SSSR count). The molecule has 3 heteroatoms. The van der Waals surface area contributed by atoms with Crippen LogP contribution in [-0.4, -0.2) is 11.9 Å². The number of hydrogen-bond donors (Lipinski definition) is 1. The molecule has 3 nitrogen and oxygen atoms in total. The maximum atomic E-state index is 11.5. The van der Waals surface area contributed by atoms with Crippen LogP contribution in [0.4, 0.5) is 0 Å². The van der Waals surface area contributed by atoms with Crippen molar-refractivity contribution in [1.82, 2.24) is 5.32 Å². The van der Waals surface area contributed by atoms with Crippen LogP contribution in [0.1, 0.15) is 54.2 Å². The van der Waals surface area contributed by atoms with Gasteiger partial charge >= 0.3 is 0 Å². The van der Waals surface area contributed by atoms with E-state index >= 15 is 0 Å². The van der Waals surface area contributed by atoms with Gasteiger partial charge in [0, 0.05) is 13.0 Å². The summed E-state index contributed by atoms with van der Waals surface area (Å²) in [6, 6.07) is 17.1. The molecular formula is C21H25NO2. The molecular weight excluding hydrogens is 298 g/mol. The molecule has 1 N–H and O–H groups in total. The van der Waals surface area contributed by atoms with Crippen molar-refractivity contribution < 1.29 is 9.53 Å². The molecule has 0 aliphatic carbocycles. The molecule has 0 spiro atoms. The Balaban J connectivity index is 1.84. The number of carbonyl (C=O) groups is 1. The summed E-state index contributed by atoms with van der Waals surface area (Å²) in [5.74, 6) is 0.0206. The molecule has 1 aliphatic rings. The quantitative estimate of drug-likeness (QED) is 0.909. The zero-order chi connectivity index (χ0) is 17.1. The summed E-state index contributed by atoms with van der Waals surface area (Å²) in [5, 5.41) is 3.09. The normalized spacial score (nSPS) is 23.7. The van der Waals surface area contributed by atoms with Crippen molar-refractivity contribution in [3.63, 3.8) is 0 Å². The van der Waals surface area contributed by atoms with Crippen molar-refractivity contribution >= 4 is 5.91 Å². The lowest BCUT2D eigenvalue weighted by molar-refractivity contribution is -0.122. The molecule has 1 amide bonds. The number of amides is 1. The second-order valence-electron chi connectivity index (χ2n) is 6.80. The van der Waals surface area contributed by atoms with E-state index in [9.17, 15) is 4.79 Å². The Morgan fingerprint density at radius 1 is 0.875 bits per heavy atom. The highest BCUT2D eigenvalue weighted by Crippen LogP contribution is 2.38. The van der Waals surface area contributed by atoms with Crippen molar-refractivity contribution in [3.8, 4) is 0 Å². The summed E-state index contributed by atoms with van der Waals surface area (Å²) < 4.78 is 6.40. The number of ether oxygens (including phenoxy) is 1. The van der Waals surface area contributed by atoms with Crippen LogP contribution >= 0.6 is 0 Å². The predicted molar refractivity (Wildman–Crippen MR) is 95.8 cm³/mol. The fraction of sp³-hybridized carbons (Fsp3) is 0.381.